The normalized spacial score (nSPS) is 24.6. The molecule has 2 aliphatic carbocycles. The number of amides is 4. The number of benzene rings is 1. The molecule has 1 aromatic heterocycles. The van der Waals surface area contributed by atoms with Gasteiger partial charge in [-0.1, -0.05) is 17.3 Å². The number of urea groups is 1. The largest absolute Gasteiger partial charge is 0.497 e. The maximum atomic E-state index is 13.7. The number of nitrogens with one attached hydrogen (secondary N) is 3. The van der Waals surface area contributed by atoms with Gasteiger partial charge in [0.2, 0.25) is 15.9 Å². The summed E-state index contributed by atoms with van der Waals surface area (Å²) < 4.78 is 32.5. The van der Waals surface area contributed by atoms with E-state index in [-0.39, 0.29) is 19.4 Å². The topological polar surface area (TPSA) is 156 Å². The number of oxime groups is 1. The summed E-state index contributed by atoms with van der Waals surface area (Å²) in [5.74, 6) is -1.19. The van der Waals surface area contributed by atoms with Gasteiger partial charge in [0.1, 0.15) is 23.4 Å². The van der Waals surface area contributed by atoms with Gasteiger partial charge in [0.05, 0.1) is 25.1 Å². The molecule has 5 rings (SSSR count). The Morgan fingerprint density at radius 3 is 2.56 bits per heavy atom. The van der Waals surface area contributed by atoms with Crippen molar-refractivity contribution in [3.05, 3.63) is 53.9 Å². The number of sulfonamides is 1. The first-order chi connectivity index (χ1) is 21.3. The lowest BCUT2D eigenvalue weighted by Crippen LogP contribution is -2.58. The second kappa shape index (κ2) is 12.5. The summed E-state index contributed by atoms with van der Waals surface area (Å²) in [6.07, 6.45) is 3.75. The molecule has 12 nitrogen and oxygen atoms in total. The summed E-state index contributed by atoms with van der Waals surface area (Å²) in [4.78, 5) is 48.5. The molecule has 45 heavy (non-hydrogen) atoms. The minimum absolute atomic E-state index is 0.0629. The van der Waals surface area contributed by atoms with Crippen molar-refractivity contribution in [1.29, 1.82) is 0 Å². The highest BCUT2D eigenvalue weighted by atomic mass is 32.2. The van der Waals surface area contributed by atoms with Crippen LogP contribution in [-0.2, 0) is 24.4 Å². The molecule has 2 unspecified atom stereocenters. The van der Waals surface area contributed by atoms with Crippen molar-refractivity contribution in [2.75, 3.05) is 13.7 Å². The van der Waals surface area contributed by atoms with Gasteiger partial charge in [-0.3, -0.25) is 14.3 Å². The smallest absolute Gasteiger partial charge is 0.318 e. The average Bonchev–Trinajstić information content (AvgIpc) is 3.85. The molecule has 1 aromatic carbocycles. The standard InChI is InChI=1S/C31H39N5O7S2/c1-6-20-16-31(20,28(38)35-45(40,41)23-10-11-23)33-27(37)25-15-22(18-36(25)29(39)34-30(2,3)4)43-32-17-19-14-21(42-5)9-12-24(19)26-8-7-13-44-26/h6-9,12-14,17,20,22-23,25H,1,10-11,15-16,18H2,2-5H3,(H,33,37)(H,34,39)(H,35,38)/b32-17+/t20-,22?,25?,31+/m1/s1. The van der Waals surface area contributed by atoms with E-state index in [2.05, 4.69) is 27.1 Å². The Labute approximate surface area is 267 Å². The van der Waals surface area contributed by atoms with Crippen LogP contribution in [0.2, 0.25) is 0 Å². The maximum Gasteiger partial charge on any atom is 0.318 e. The molecule has 0 radical (unpaired) electrons. The number of ether oxygens (including phenoxy) is 1. The van der Waals surface area contributed by atoms with Crippen LogP contribution >= 0.6 is 11.3 Å². The molecule has 4 amide bonds. The lowest BCUT2D eigenvalue weighted by atomic mass is 10.1. The molecule has 3 fully saturated rings. The van der Waals surface area contributed by atoms with Gasteiger partial charge >= 0.3 is 6.03 Å². The fourth-order valence-electron chi connectivity index (χ4n) is 5.36. The minimum atomic E-state index is -3.83. The Bertz CT molecular complexity index is 1600. The van der Waals surface area contributed by atoms with Crippen molar-refractivity contribution in [2.45, 2.75) is 74.9 Å². The van der Waals surface area contributed by atoms with Crippen LogP contribution in [0.1, 0.15) is 52.0 Å². The number of nitrogens with zero attached hydrogens (tertiary/aromatic N) is 2. The summed E-state index contributed by atoms with van der Waals surface area (Å²) in [6.45, 7) is 9.28. The van der Waals surface area contributed by atoms with Gasteiger partial charge in [0.25, 0.3) is 5.91 Å². The van der Waals surface area contributed by atoms with E-state index in [0.717, 1.165) is 16.0 Å². The van der Waals surface area contributed by atoms with Crippen LogP contribution in [0.5, 0.6) is 5.75 Å². The predicted octanol–water partition coefficient (Wildman–Crippen LogP) is 3.39. The third-order valence-electron chi connectivity index (χ3n) is 8.00. The molecule has 3 aliphatic rings. The van der Waals surface area contributed by atoms with Crippen molar-refractivity contribution in [1.82, 2.24) is 20.3 Å². The van der Waals surface area contributed by atoms with Crippen molar-refractivity contribution in [3.8, 4) is 16.2 Å². The monoisotopic (exact) mass is 657 g/mol. The average molecular weight is 658 g/mol. The number of methoxy groups -OCH3 is 1. The number of likely N-dealkylation sites (tertiary alicyclic amines) is 1. The Hall–Kier alpha value is -3.91. The number of hydrogen-bond acceptors (Lipinski definition) is 9. The molecule has 4 atom stereocenters. The van der Waals surface area contributed by atoms with Gasteiger partial charge in [0, 0.05) is 33.9 Å². The molecule has 2 saturated carbocycles. The molecule has 2 aromatic rings. The van der Waals surface area contributed by atoms with Crippen LogP contribution in [0.4, 0.5) is 4.79 Å². The second-order valence-electron chi connectivity index (χ2n) is 12.7. The third-order valence-corrected chi connectivity index (χ3v) is 10.7. The van der Waals surface area contributed by atoms with Crippen LogP contribution in [-0.4, -0.2) is 79.5 Å². The Morgan fingerprint density at radius 2 is 1.96 bits per heavy atom. The van der Waals surface area contributed by atoms with E-state index in [9.17, 15) is 22.8 Å². The summed E-state index contributed by atoms with van der Waals surface area (Å²) in [7, 11) is -2.25. The van der Waals surface area contributed by atoms with E-state index in [4.69, 9.17) is 9.57 Å². The first-order valence-electron chi connectivity index (χ1n) is 14.8. The number of thiophene rings is 1. The predicted molar refractivity (Wildman–Crippen MR) is 171 cm³/mol. The van der Waals surface area contributed by atoms with E-state index in [0.29, 0.717) is 18.6 Å². The van der Waals surface area contributed by atoms with Crippen LogP contribution < -0.4 is 20.1 Å². The van der Waals surface area contributed by atoms with Crippen molar-refractivity contribution in [2.24, 2.45) is 11.1 Å². The number of hydrogen-bond donors (Lipinski definition) is 3. The van der Waals surface area contributed by atoms with Crippen LogP contribution in [0.25, 0.3) is 10.4 Å². The van der Waals surface area contributed by atoms with Crippen LogP contribution in [0.15, 0.2) is 53.5 Å². The lowest BCUT2D eigenvalue weighted by molar-refractivity contribution is -0.131. The van der Waals surface area contributed by atoms with Gasteiger partial charge in [-0.25, -0.2) is 13.2 Å². The maximum absolute atomic E-state index is 13.7. The van der Waals surface area contributed by atoms with E-state index in [1.165, 1.54) is 11.0 Å². The minimum Gasteiger partial charge on any atom is -0.497 e. The molecule has 0 bridgehead atoms. The number of rotatable bonds is 11. The Morgan fingerprint density at radius 1 is 1.20 bits per heavy atom. The molecule has 3 N–H and O–H groups in total. The van der Waals surface area contributed by atoms with E-state index < -0.39 is 62.3 Å². The molecule has 242 valence electrons. The zero-order valence-electron chi connectivity index (χ0n) is 25.7. The van der Waals surface area contributed by atoms with E-state index in [1.54, 1.807) is 24.7 Å². The van der Waals surface area contributed by atoms with Crippen molar-refractivity contribution >= 4 is 45.4 Å². The summed E-state index contributed by atoms with van der Waals surface area (Å²) >= 11 is 1.59. The second-order valence-corrected chi connectivity index (χ2v) is 15.6. The highest BCUT2D eigenvalue weighted by Gasteiger charge is 2.62. The van der Waals surface area contributed by atoms with Gasteiger partial charge in [-0.15, -0.1) is 17.9 Å². The molecule has 0 spiro atoms. The Balaban J connectivity index is 1.33. The highest BCUT2D eigenvalue weighted by Crippen LogP contribution is 2.45. The molecular weight excluding hydrogens is 619 g/mol. The zero-order valence-corrected chi connectivity index (χ0v) is 27.4. The van der Waals surface area contributed by atoms with Crippen LogP contribution in [0, 0.1) is 5.92 Å². The first kappa shape index (κ1) is 32.5. The van der Waals surface area contributed by atoms with E-state index >= 15 is 0 Å². The van der Waals surface area contributed by atoms with Crippen molar-refractivity contribution in [3.63, 3.8) is 0 Å². The lowest BCUT2D eigenvalue weighted by Gasteiger charge is -2.30. The quantitative estimate of drug-likeness (QED) is 0.190. The SMILES string of the molecule is C=C[C@@H]1C[C@@]1(NC(=O)C1CC(O/N=C/c2cc(OC)ccc2-c2cccs2)CN1C(=O)NC(C)(C)C)C(=O)NS(=O)(=O)C1CC1. The fraction of sp³-hybridized carbons (Fsp3) is 0.484. The molecule has 1 aliphatic heterocycles. The fourth-order valence-corrected chi connectivity index (χ4v) is 7.50. The van der Waals surface area contributed by atoms with Gasteiger partial charge in [-0.2, -0.15) is 0 Å². The molecule has 1 saturated heterocycles. The molecular formula is C31H39N5O7S2. The first-order valence-corrected chi connectivity index (χ1v) is 17.2. The van der Waals surface area contributed by atoms with Gasteiger partial charge in [0.15, 0.2) is 0 Å². The number of carbonyl (C=O) groups is 3. The molecule has 2 heterocycles. The summed E-state index contributed by atoms with van der Waals surface area (Å²) in [5, 5.41) is 11.3. The molecule has 14 heteroatoms. The van der Waals surface area contributed by atoms with Crippen LogP contribution in [0.3, 0.4) is 0 Å². The summed E-state index contributed by atoms with van der Waals surface area (Å²) in [5.41, 5.74) is -0.330. The zero-order chi connectivity index (χ0) is 32.6. The summed E-state index contributed by atoms with van der Waals surface area (Å²) in [6, 6.07) is 8.14. The number of carbonyl (C=O) groups excluding carboxylic acids is 3. The van der Waals surface area contributed by atoms with Gasteiger partial charge < -0.3 is 25.1 Å². The van der Waals surface area contributed by atoms with Crippen molar-refractivity contribution < 1.29 is 32.4 Å². The third kappa shape index (κ3) is 7.33. The Kier molecular flexibility index (Phi) is 9.00. The van der Waals surface area contributed by atoms with E-state index in [1.807, 2.05) is 56.5 Å². The highest BCUT2D eigenvalue weighted by molar-refractivity contribution is 7.91. The van der Waals surface area contributed by atoms with Gasteiger partial charge in [-0.05, 0) is 69.7 Å².